The summed E-state index contributed by atoms with van der Waals surface area (Å²) in [5.41, 5.74) is 6.36. The Hall–Kier alpha value is -1.83. The van der Waals surface area contributed by atoms with E-state index in [2.05, 4.69) is 10.6 Å². The van der Waals surface area contributed by atoms with Crippen molar-refractivity contribution in [1.82, 2.24) is 5.32 Å². The van der Waals surface area contributed by atoms with Crippen LogP contribution in [0.4, 0.5) is 16.2 Å². The van der Waals surface area contributed by atoms with E-state index in [1.165, 1.54) is 0 Å². The normalized spacial score (nSPS) is 26.5. The van der Waals surface area contributed by atoms with Gasteiger partial charge in [0.1, 0.15) is 5.54 Å². The van der Waals surface area contributed by atoms with Gasteiger partial charge in [0.15, 0.2) is 0 Å². The lowest BCUT2D eigenvalue weighted by atomic mass is 9.54. The molecule has 1 aliphatic heterocycles. The second kappa shape index (κ2) is 7.42. The smallest absolute Gasteiger partial charge is 0.321 e. The molecule has 1 heterocycles. The molecule has 1 saturated heterocycles. The summed E-state index contributed by atoms with van der Waals surface area (Å²) in [4.78, 5) is 26.2. The number of carbonyl (C=O) groups excluding carboxylic acids is 2. The standard InChI is InChI=1S/C18H26N4O3.ClH/c1-4-25-14-11-18(19,17(14,2)3)15(23)21-12-6-5-7-13(10-12)22-9-8-20-16(22)24;/h5-7,10,14H,4,8-9,11,19H2,1-3H3,(H,20,24)(H,21,23);1H. The van der Waals surface area contributed by atoms with E-state index in [1.54, 1.807) is 17.0 Å². The van der Waals surface area contributed by atoms with E-state index in [4.69, 9.17) is 10.5 Å². The van der Waals surface area contributed by atoms with Crippen molar-refractivity contribution in [2.45, 2.75) is 38.8 Å². The Balaban J connectivity index is 0.00000243. The molecular weight excluding hydrogens is 356 g/mol. The Bertz CT molecular complexity index is 697. The Kier molecular flexibility index (Phi) is 5.85. The molecule has 26 heavy (non-hydrogen) atoms. The lowest BCUT2D eigenvalue weighted by Gasteiger charge is -2.57. The van der Waals surface area contributed by atoms with Crippen LogP contribution in [-0.4, -0.2) is 43.3 Å². The molecule has 2 fully saturated rings. The number of urea groups is 1. The van der Waals surface area contributed by atoms with Crippen molar-refractivity contribution in [2.75, 3.05) is 29.9 Å². The van der Waals surface area contributed by atoms with Crippen LogP contribution in [-0.2, 0) is 9.53 Å². The molecule has 1 aromatic carbocycles. The Morgan fingerprint density at radius 1 is 1.46 bits per heavy atom. The average Bonchev–Trinajstić information content (AvgIpc) is 3.00. The molecule has 7 nitrogen and oxygen atoms in total. The maximum absolute atomic E-state index is 12.8. The van der Waals surface area contributed by atoms with Gasteiger partial charge in [0.2, 0.25) is 5.91 Å². The van der Waals surface area contributed by atoms with Gasteiger partial charge >= 0.3 is 6.03 Å². The van der Waals surface area contributed by atoms with E-state index in [0.717, 1.165) is 5.69 Å². The molecular formula is C18H27ClN4O3. The summed E-state index contributed by atoms with van der Waals surface area (Å²) < 4.78 is 5.68. The van der Waals surface area contributed by atoms with Gasteiger partial charge in [-0.3, -0.25) is 9.69 Å². The zero-order chi connectivity index (χ0) is 18.2. The minimum absolute atomic E-state index is 0. The lowest BCUT2D eigenvalue weighted by Crippen LogP contribution is -2.74. The summed E-state index contributed by atoms with van der Waals surface area (Å²) in [6.45, 7) is 7.69. The zero-order valence-corrected chi connectivity index (χ0v) is 16.2. The molecule has 4 N–H and O–H groups in total. The van der Waals surface area contributed by atoms with Crippen LogP contribution >= 0.6 is 12.4 Å². The first-order valence-electron chi connectivity index (χ1n) is 8.67. The van der Waals surface area contributed by atoms with E-state index in [-0.39, 0.29) is 30.4 Å². The number of rotatable bonds is 5. The monoisotopic (exact) mass is 382 g/mol. The second-order valence-electron chi connectivity index (χ2n) is 7.23. The summed E-state index contributed by atoms with van der Waals surface area (Å²) in [6, 6.07) is 7.12. The van der Waals surface area contributed by atoms with Gasteiger partial charge in [0.05, 0.1) is 6.10 Å². The molecule has 2 aliphatic rings. The van der Waals surface area contributed by atoms with Crippen LogP contribution in [0.1, 0.15) is 27.2 Å². The van der Waals surface area contributed by atoms with E-state index in [1.807, 2.05) is 32.9 Å². The summed E-state index contributed by atoms with van der Waals surface area (Å²) in [5.74, 6) is -0.225. The first-order chi connectivity index (χ1) is 11.8. The van der Waals surface area contributed by atoms with Gasteiger partial charge in [-0.1, -0.05) is 19.9 Å². The van der Waals surface area contributed by atoms with E-state index in [9.17, 15) is 9.59 Å². The maximum Gasteiger partial charge on any atom is 0.321 e. The van der Waals surface area contributed by atoms with E-state index in [0.29, 0.717) is 31.8 Å². The van der Waals surface area contributed by atoms with Crippen molar-refractivity contribution in [1.29, 1.82) is 0 Å². The third-order valence-electron chi connectivity index (χ3n) is 5.51. The summed E-state index contributed by atoms with van der Waals surface area (Å²) in [5, 5.41) is 5.67. The molecule has 0 aromatic heterocycles. The SMILES string of the molecule is CCOC1CC(N)(C(=O)Nc2cccc(N3CCNC3=O)c2)C1(C)C.Cl. The number of nitrogens with one attached hydrogen (secondary N) is 2. The highest BCUT2D eigenvalue weighted by atomic mass is 35.5. The zero-order valence-electron chi connectivity index (χ0n) is 15.4. The fourth-order valence-electron chi connectivity index (χ4n) is 3.53. The van der Waals surface area contributed by atoms with Crippen LogP contribution in [0.2, 0.25) is 0 Å². The van der Waals surface area contributed by atoms with Crippen LogP contribution < -0.4 is 21.3 Å². The molecule has 0 bridgehead atoms. The number of hydrogen-bond donors (Lipinski definition) is 3. The molecule has 1 aromatic rings. The Morgan fingerprint density at radius 2 is 2.19 bits per heavy atom. The Morgan fingerprint density at radius 3 is 2.77 bits per heavy atom. The van der Waals surface area contributed by atoms with Gasteiger partial charge in [-0.15, -0.1) is 12.4 Å². The van der Waals surface area contributed by atoms with Crippen molar-refractivity contribution in [2.24, 2.45) is 11.1 Å². The van der Waals surface area contributed by atoms with Crippen LogP contribution in [0.5, 0.6) is 0 Å². The largest absolute Gasteiger partial charge is 0.378 e. The molecule has 0 spiro atoms. The van der Waals surface area contributed by atoms with Gasteiger partial charge in [0.25, 0.3) is 0 Å². The topological polar surface area (TPSA) is 96.7 Å². The maximum atomic E-state index is 12.8. The predicted octanol–water partition coefficient (Wildman–Crippen LogP) is 2.11. The van der Waals surface area contributed by atoms with Crippen molar-refractivity contribution >= 4 is 35.7 Å². The molecule has 0 radical (unpaired) electrons. The predicted molar refractivity (Wildman–Crippen MR) is 104 cm³/mol. The number of carbonyl (C=O) groups is 2. The first-order valence-corrected chi connectivity index (χ1v) is 8.67. The molecule has 3 amide bonds. The minimum Gasteiger partial charge on any atom is -0.378 e. The molecule has 1 aliphatic carbocycles. The van der Waals surface area contributed by atoms with Gasteiger partial charge in [-0.05, 0) is 25.1 Å². The summed E-state index contributed by atoms with van der Waals surface area (Å²) >= 11 is 0. The molecule has 144 valence electrons. The minimum atomic E-state index is -0.978. The highest BCUT2D eigenvalue weighted by Crippen LogP contribution is 2.50. The van der Waals surface area contributed by atoms with Crippen molar-refractivity contribution in [3.05, 3.63) is 24.3 Å². The summed E-state index contributed by atoms with van der Waals surface area (Å²) in [7, 11) is 0. The van der Waals surface area contributed by atoms with Crippen LogP contribution in [0.15, 0.2) is 24.3 Å². The number of halogens is 1. The van der Waals surface area contributed by atoms with Gasteiger partial charge < -0.3 is 21.1 Å². The second-order valence-corrected chi connectivity index (χ2v) is 7.23. The molecule has 2 unspecified atom stereocenters. The lowest BCUT2D eigenvalue weighted by molar-refractivity contribution is -0.166. The fourth-order valence-corrected chi connectivity index (χ4v) is 3.53. The van der Waals surface area contributed by atoms with Crippen molar-refractivity contribution in [3.8, 4) is 0 Å². The van der Waals surface area contributed by atoms with E-state index < -0.39 is 11.0 Å². The molecule has 8 heteroatoms. The quantitative estimate of drug-likeness (QED) is 0.726. The van der Waals surface area contributed by atoms with Crippen LogP contribution in [0, 0.1) is 5.41 Å². The number of amides is 3. The number of ether oxygens (including phenoxy) is 1. The molecule has 2 atom stereocenters. The highest BCUT2D eigenvalue weighted by Gasteiger charge is 2.62. The highest BCUT2D eigenvalue weighted by molar-refractivity contribution is 6.01. The third kappa shape index (κ3) is 3.26. The number of nitrogens with two attached hydrogens (primary N) is 1. The van der Waals surface area contributed by atoms with E-state index >= 15 is 0 Å². The molecule has 3 rings (SSSR count). The number of nitrogens with zero attached hydrogens (tertiary/aromatic N) is 1. The average molecular weight is 383 g/mol. The number of benzene rings is 1. The number of anilines is 2. The number of hydrogen-bond acceptors (Lipinski definition) is 4. The van der Waals surface area contributed by atoms with Gasteiger partial charge in [-0.25, -0.2) is 4.79 Å². The third-order valence-corrected chi connectivity index (χ3v) is 5.51. The van der Waals surface area contributed by atoms with Gasteiger partial charge in [0, 0.05) is 42.9 Å². The Labute approximate surface area is 160 Å². The fraction of sp³-hybridized carbons (Fsp3) is 0.556. The van der Waals surface area contributed by atoms with Crippen LogP contribution in [0.25, 0.3) is 0 Å². The molecule has 1 saturated carbocycles. The summed E-state index contributed by atoms with van der Waals surface area (Å²) in [6.07, 6.45) is 0.473. The van der Waals surface area contributed by atoms with Crippen molar-refractivity contribution < 1.29 is 14.3 Å². The van der Waals surface area contributed by atoms with Crippen molar-refractivity contribution in [3.63, 3.8) is 0 Å². The van der Waals surface area contributed by atoms with Crippen LogP contribution in [0.3, 0.4) is 0 Å². The first kappa shape index (κ1) is 20.5. The van der Waals surface area contributed by atoms with Gasteiger partial charge in [-0.2, -0.15) is 0 Å².